The molecule has 0 aliphatic carbocycles. The van der Waals surface area contributed by atoms with E-state index in [2.05, 4.69) is 19.4 Å². The first kappa shape index (κ1) is 23.6. The lowest BCUT2D eigenvalue weighted by molar-refractivity contribution is -0.119. The largest absolute Gasteiger partial charge is 0.497 e. The van der Waals surface area contributed by atoms with Gasteiger partial charge in [-0.05, 0) is 48.5 Å². The molecule has 3 aromatic carbocycles. The molecular formula is C24H20N4O6S. The van der Waals surface area contributed by atoms with E-state index in [0.717, 1.165) is 11.7 Å². The summed E-state index contributed by atoms with van der Waals surface area (Å²) in [6, 6.07) is 18.2. The van der Waals surface area contributed by atoms with Gasteiger partial charge in [-0.25, -0.2) is 4.79 Å². The number of hydrogen-bond donors (Lipinski definition) is 2. The van der Waals surface area contributed by atoms with Gasteiger partial charge in [0, 0.05) is 11.8 Å². The van der Waals surface area contributed by atoms with Crippen LogP contribution in [0.15, 0.2) is 66.7 Å². The molecule has 1 aromatic heterocycles. The Morgan fingerprint density at radius 3 is 2.43 bits per heavy atom. The number of hydrogen-bond acceptors (Lipinski definition) is 9. The zero-order valence-electron chi connectivity index (χ0n) is 18.5. The third-order valence-electron chi connectivity index (χ3n) is 4.71. The third-order valence-corrected chi connectivity index (χ3v) is 5.25. The van der Waals surface area contributed by atoms with E-state index in [1.807, 2.05) is 0 Å². The highest BCUT2D eigenvalue weighted by atomic mass is 32.1. The second-order valence-corrected chi connectivity index (χ2v) is 7.68. The minimum absolute atomic E-state index is 0.220. The molecule has 35 heavy (non-hydrogen) atoms. The molecule has 0 saturated carbocycles. The summed E-state index contributed by atoms with van der Waals surface area (Å²) in [5, 5.41) is 5.37. The predicted molar refractivity (Wildman–Crippen MR) is 130 cm³/mol. The Labute approximate surface area is 204 Å². The average molecular weight is 493 g/mol. The Balaban J connectivity index is 1.23. The Kier molecular flexibility index (Phi) is 7.48. The molecule has 2 N–H and O–H groups in total. The monoisotopic (exact) mass is 492 g/mol. The molecule has 4 aromatic rings. The summed E-state index contributed by atoms with van der Waals surface area (Å²) in [6.07, 6.45) is 0. The first-order chi connectivity index (χ1) is 17.0. The van der Waals surface area contributed by atoms with Gasteiger partial charge in [0.25, 0.3) is 11.8 Å². The van der Waals surface area contributed by atoms with Crippen molar-refractivity contribution < 1.29 is 28.6 Å². The lowest BCUT2D eigenvalue weighted by Crippen LogP contribution is -2.21. The lowest BCUT2D eigenvalue weighted by Gasteiger charge is -2.09. The quantitative estimate of drug-likeness (QED) is 0.340. The number of aromatic nitrogens is 2. The maximum absolute atomic E-state index is 12.3. The van der Waals surface area contributed by atoms with E-state index in [1.165, 1.54) is 24.3 Å². The van der Waals surface area contributed by atoms with Crippen LogP contribution < -0.4 is 20.1 Å². The highest BCUT2D eigenvalue weighted by molar-refractivity contribution is 7.00. The van der Waals surface area contributed by atoms with Gasteiger partial charge in [-0.1, -0.05) is 12.1 Å². The van der Waals surface area contributed by atoms with Gasteiger partial charge in [-0.15, -0.1) is 0 Å². The molecule has 0 fully saturated rings. The average Bonchev–Trinajstić information content (AvgIpc) is 3.36. The van der Waals surface area contributed by atoms with Crippen LogP contribution in [0, 0.1) is 0 Å². The Morgan fingerprint density at radius 1 is 0.857 bits per heavy atom. The molecule has 2 amide bonds. The zero-order valence-corrected chi connectivity index (χ0v) is 19.3. The number of rotatable bonds is 9. The lowest BCUT2D eigenvalue weighted by atomic mass is 10.2. The van der Waals surface area contributed by atoms with E-state index in [1.54, 1.807) is 49.6 Å². The molecule has 0 atom stereocenters. The van der Waals surface area contributed by atoms with Crippen LogP contribution in [0.1, 0.15) is 10.4 Å². The number of methoxy groups -OCH3 is 1. The minimum atomic E-state index is -0.670. The van der Waals surface area contributed by atoms with E-state index in [-0.39, 0.29) is 18.1 Å². The second-order valence-electron chi connectivity index (χ2n) is 7.16. The molecule has 0 unspecified atom stereocenters. The number of fused-ring (bicyclic) bond motifs is 1. The van der Waals surface area contributed by atoms with Crippen LogP contribution in [0.5, 0.6) is 11.5 Å². The van der Waals surface area contributed by atoms with Crippen LogP contribution in [-0.4, -0.2) is 46.9 Å². The number of carbonyl (C=O) groups excluding carboxylic acids is 3. The summed E-state index contributed by atoms with van der Waals surface area (Å²) in [4.78, 5) is 36.6. The SMILES string of the molecule is COc1cccc(NC(=O)COc2ccc(C(=O)OCC(=O)Nc3cccc4nsnc34)cc2)c1. The molecule has 11 heteroatoms. The van der Waals surface area contributed by atoms with E-state index >= 15 is 0 Å². The Bertz CT molecular complexity index is 1360. The van der Waals surface area contributed by atoms with Crippen molar-refractivity contribution >= 4 is 51.9 Å². The Hall–Kier alpha value is -4.51. The molecule has 1 heterocycles. The van der Waals surface area contributed by atoms with Gasteiger partial charge in [0.1, 0.15) is 22.5 Å². The summed E-state index contributed by atoms with van der Waals surface area (Å²) in [6.45, 7) is -0.683. The van der Waals surface area contributed by atoms with E-state index in [9.17, 15) is 14.4 Å². The Morgan fingerprint density at radius 2 is 1.63 bits per heavy atom. The maximum atomic E-state index is 12.3. The van der Waals surface area contributed by atoms with Gasteiger partial charge in [-0.3, -0.25) is 9.59 Å². The highest BCUT2D eigenvalue weighted by Gasteiger charge is 2.13. The van der Waals surface area contributed by atoms with Crippen LogP contribution >= 0.6 is 11.7 Å². The van der Waals surface area contributed by atoms with Gasteiger partial charge < -0.3 is 24.8 Å². The number of amides is 2. The van der Waals surface area contributed by atoms with Crippen molar-refractivity contribution in [3.8, 4) is 11.5 Å². The normalized spacial score (nSPS) is 10.4. The number of ether oxygens (including phenoxy) is 3. The molecule has 4 rings (SSSR count). The van der Waals surface area contributed by atoms with Crippen molar-refractivity contribution in [2.75, 3.05) is 31.0 Å². The van der Waals surface area contributed by atoms with Crippen LogP contribution in [0.3, 0.4) is 0 Å². The second kappa shape index (κ2) is 11.1. The van der Waals surface area contributed by atoms with Crippen molar-refractivity contribution in [1.82, 2.24) is 8.75 Å². The molecule has 0 aliphatic rings. The van der Waals surface area contributed by atoms with Gasteiger partial charge in [-0.2, -0.15) is 8.75 Å². The highest BCUT2D eigenvalue weighted by Crippen LogP contribution is 2.21. The fourth-order valence-electron chi connectivity index (χ4n) is 3.04. The molecule has 10 nitrogen and oxygen atoms in total. The van der Waals surface area contributed by atoms with Crippen LogP contribution in [0.2, 0.25) is 0 Å². The topological polar surface area (TPSA) is 129 Å². The third kappa shape index (κ3) is 6.30. The molecule has 0 radical (unpaired) electrons. The molecular weight excluding hydrogens is 472 g/mol. The van der Waals surface area contributed by atoms with Crippen molar-refractivity contribution in [2.45, 2.75) is 0 Å². The summed E-state index contributed by atoms with van der Waals surface area (Å²) in [5.74, 6) is -0.503. The van der Waals surface area contributed by atoms with Gasteiger partial charge in [0.15, 0.2) is 13.2 Å². The van der Waals surface area contributed by atoms with Gasteiger partial charge in [0.05, 0.1) is 30.1 Å². The van der Waals surface area contributed by atoms with Crippen molar-refractivity contribution in [3.05, 3.63) is 72.3 Å². The first-order valence-electron chi connectivity index (χ1n) is 10.4. The van der Waals surface area contributed by atoms with Crippen LogP contribution in [-0.2, 0) is 14.3 Å². The smallest absolute Gasteiger partial charge is 0.338 e. The number of anilines is 2. The zero-order chi connectivity index (χ0) is 24.6. The van der Waals surface area contributed by atoms with E-state index < -0.39 is 18.5 Å². The van der Waals surface area contributed by atoms with E-state index in [4.69, 9.17) is 14.2 Å². The molecule has 0 aliphatic heterocycles. The van der Waals surface area contributed by atoms with Crippen LogP contribution in [0.4, 0.5) is 11.4 Å². The van der Waals surface area contributed by atoms with Crippen molar-refractivity contribution in [3.63, 3.8) is 0 Å². The number of carbonyl (C=O) groups is 3. The van der Waals surface area contributed by atoms with E-state index in [0.29, 0.717) is 33.9 Å². The number of esters is 1. The first-order valence-corrected chi connectivity index (χ1v) is 11.1. The van der Waals surface area contributed by atoms with Crippen LogP contribution in [0.25, 0.3) is 11.0 Å². The van der Waals surface area contributed by atoms with Crippen molar-refractivity contribution in [1.29, 1.82) is 0 Å². The maximum Gasteiger partial charge on any atom is 0.338 e. The standard InChI is InChI=1S/C24H20N4O6S/c1-32-18-5-2-4-16(12-18)25-21(29)13-33-17-10-8-15(9-11-17)24(31)34-14-22(30)26-19-6-3-7-20-23(19)28-35-27-20/h2-12H,13-14H2,1H3,(H,25,29)(H,26,30). The molecule has 0 bridgehead atoms. The fraction of sp³-hybridized carbons (Fsp3) is 0.125. The summed E-state index contributed by atoms with van der Waals surface area (Å²) in [7, 11) is 1.54. The van der Waals surface area contributed by atoms with Gasteiger partial charge >= 0.3 is 5.97 Å². The number of nitrogens with one attached hydrogen (secondary N) is 2. The minimum Gasteiger partial charge on any atom is -0.497 e. The number of benzene rings is 3. The fourth-order valence-corrected chi connectivity index (χ4v) is 3.59. The summed E-state index contributed by atoms with van der Waals surface area (Å²) >= 11 is 1.04. The number of nitrogens with zero attached hydrogens (tertiary/aromatic N) is 2. The predicted octanol–water partition coefficient (Wildman–Crippen LogP) is 3.51. The molecule has 178 valence electrons. The van der Waals surface area contributed by atoms with Crippen molar-refractivity contribution in [2.24, 2.45) is 0 Å². The summed E-state index contributed by atoms with van der Waals surface area (Å²) in [5.41, 5.74) is 2.56. The van der Waals surface area contributed by atoms with Gasteiger partial charge in [0.2, 0.25) is 0 Å². The summed E-state index contributed by atoms with van der Waals surface area (Å²) < 4.78 is 23.9. The molecule has 0 spiro atoms. The molecule has 0 saturated heterocycles.